The molecule has 5 nitrogen and oxygen atoms in total. The zero-order valence-corrected chi connectivity index (χ0v) is 11.4. The molecule has 0 aliphatic carbocycles. The summed E-state index contributed by atoms with van der Waals surface area (Å²) in [5.74, 6) is 1.21. The van der Waals surface area contributed by atoms with E-state index in [4.69, 9.17) is 10.5 Å². The zero-order chi connectivity index (χ0) is 13.4. The lowest BCUT2D eigenvalue weighted by atomic mass is 10.1. The van der Waals surface area contributed by atoms with Crippen molar-refractivity contribution >= 4 is 22.7 Å². The fourth-order valence-corrected chi connectivity index (χ4v) is 2.59. The molecule has 1 aliphatic heterocycles. The Morgan fingerprint density at radius 3 is 3.11 bits per heavy atom. The molecule has 3 rings (SSSR count). The van der Waals surface area contributed by atoms with Crippen LogP contribution in [0.4, 0.5) is 11.6 Å². The fourth-order valence-electron chi connectivity index (χ4n) is 2.59. The van der Waals surface area contributed by atoms with E-state index in [9.17, 15) is 0 Å². The smallest absolute Gasteiger partial charge is 0.200 e. The molecule has 1 aromatic carbocycles. The molecule has 1 fully saturated rings. The third-order valence-electron chi connectivity index (χ3n) is 3.73. The van der Waals surface area contributed by atoms with Gasteiger partial charge < -0.3 is 20.4 Å². The van der Waals surface area contributed by atoms with E-state index in [1.165, 1.54) is 0 Å². The Hall–Kier alpha value is -1.75. The number of anilines is 2. The number of aryl methyl sites for hydroxylation is 1. The van der Waals surface area contributed by atoms with Crippen LogP contribution in [0.15, 0.2) is 18.2 Å². The maximum absolute atomic E-state index is 5.80. The Bertz CT molecular complexity index is 592. The van der Waals surface area contributed by atoms with E-state index >= 15 is 0 Å². The number of hydrogen-bond donors (Lipinski definition) is 2. The van der Waals surface area contributed by atoms with Crippen molar-refractivity contribution in [3.05, 3.63) is 18.2 Å². The molecule has 0 spiro atoms. The Kier molecular flexibility index (Phi) is 3.06. The summed E-state index contributed by atoms with van der Waals surface area (Å²) < 4.78 is 7.59. The van der Waals surface area contributed by atoms with E-state index in [0.717, 1.165) is 36.3 Å². The summed E-state index contributed by atoms with van der Waals surface area (Å²) in [6, 6.07) is 6.13. The first-order chi connectivity index (χ1) is 9.13. The largest absolute Gasteiger partial charge is 0.382 e. The van der Waals surface area contributed by atoms with Crippen molar-refractivity contribution in [1.82, 2.24) is 9.55 Å². The monoisotopic (exact) mass is 260 g/mol. The van der Waals surface area contributed by atoms with Gasteiger partial charge in [-0.2, -0.15) is 0 Å². The minimum absolute atomic E-state index is 0.319. The Balaban J connectivity index is 1.71. The van der Waals surface area contributed by atoms with Gasteiger partial charge in [0, 0.05) is 25.9 Å². The van der Waals surface area contributed by atoms with Crippen LogP contribution in [0.1, 0.15) is 13.3 Å². The van der Waals surface area contributed by atoms with Gasteiger partial charge in [-0.25, -0.2) is 4.98 Å². The summed E-state index contributed by atoms with van der Waals surface area (Å²) >= 11 is 0. The van der Waals surface area contributed by atoms with Gasteiger partial charge in [-0.05, 0) is 30.5 Å². The molecule has 2 aromatic rings. The standard InChI is InChI=1S/C14H20N4O/c1-9-5-11(19-8-9)7-16-10-3-4-13-12(6-10)17-14(15)18(13)2/h3-4,6,9,11,16H,5,7-8H2,1-2H3,(H2,15,17). The second-order valence-corrected chi connectivity index (χ2v) is 5.41. The van der Waals surface area contributed by atoms with E-state index in [1.807, 2.05) is 23.7 Å². The molecule has 1 aliphatic rings. The first kappa shape index (κ1) is 12.3. The highest BCUT2D eigenvalue weighted by Gasteiger charge is 2.21. The van der Waals surface area contributed by atoms with Crippen LogP contribution in [0.2, 0.25) is 0 Å². The van der Waals surface area contributed by atoms with Gasteiger partial charge in [-0.3, -0.25) is 0 Å². The highest BCUT2D eigenvalue weighted by atomic mass is 16.5. The first-order valence-corrected chi connectivity index (χ1v) is 6.71. The van der Waals surface area contributed by atoms with Gasteiger partial charge in [-0.15, -0.1) is 0 Å². The number of aromatic nitrogens is 2. The Labute approximate surface area is 112 Å². The Morgan fingerprint density at radius 2 is 2.37 bits per heavy atom. The van der Waals surface area contributed by atoms with Gasteiger partial charge >= 0.3 is 0 Å². The lowest BCUT2D eigenvalue weighted by Crippen LogP contribution is -2.18. The normalized spacial score (nSPS) is 23.1. The minimum Gasteiger partial charge on any atom is -0.382 e. The molecule has 2 atom stereocenters. The van der Waals surface area contributed by atoms with Gasteiger partial charge in [0.05, 0.1) is 17.1 Å². The van der Waals surface area contributed by atoms with Crippen LogP contribution in [0.5, 0.6) is 0 Å². The van der Waals surface area contributed by atoms with Crippen molar-refractivity contribution in [2.45, 2.75) is 19.4 Å². The first-order valence-electron chi connectivity index (χ1n) is 6.71. The SMILES string of the molecule is CC1COC(CNc2ccc3c(c2)nc(N)n3C)C1. The lowest BCUT2D eigenvalue weighted by Gasteiger charge is -2.12. The number of rotatable bonds is 3. The van der Waals surface area contributed by atoms with Gasteiger partial charge in [0.1, 0.15) is 0 Å². The summed E-state index contributed by atoms with van der Waals surface area (Å²) in [7, 11) is 1.92. The second kappa shape index (κ2) is 4.74. The molecule has 1 saturated heterocycles. The van der Waals surface area contributed by atoms with E-state index in [0.29, 0.717) is 18.0 Å². The number of ether oxygens (including phenoxy) is 1. The van der Waals surface area contributed by atoms with E-state index in [2.05, 4.69) is 23.3 Å². The second-order valence-electron chi connectivity index (χ2n) is 5.41. The molecule has 5 heteroatoms. The summed E-state index contributed by atoms with van der Waals surface area (Å²) in [6.45, 7) is 3.95. The van der Waals surface area contributed by atoms with Gasteiger partial charge in [0.25, 0.3) is 0 Å². The van der Waals surface area contributed by atoms with Gasteiger partial charge in [0.15, 0.2) is 0 Å². The fraction of sp³-hybridized carbons (Fsp3) is 0.500. The maximum Gasteiger partial charge on any atom is 0.200 e. The van der Waals surface area contributed by atoms with Crippen molar-refractivity contribution < 1.29 is 4.74 Å². The minimum atomic E-state index is 0.319. The molecular formula is C14H20N4O. The molecule has 2 unspecified atom stereocenters. The number of fused-ring (bicyclic) bond motifs is 1. The molecule has 2 heterocycles. The zero-order valence-electron chi connectivity index (χ0n) is 11.4. The van der Waals surface area contributed by atoms with Crippen LogP contribution in [-0.2, 0) is 11.8 Å². The quantitative estimate of drug-likeness (QED) is 0.886. The van der Waals surface area contributed by atoms with Gasteiger partial charge in [-0.1, -0.05) is 6.92 Å². The third kappa shape index (κ3) is 2.38. The van der Waals surface area contributed by atoms with Gasteiger partial charge in [0.2, 0.25) is 5.95 Å². The average Bonchev–Trinajstić information content (AvgIpc) is 2.92. The number of nitrogens with one attached hydrogen (secondary N) is 1. The number of imidazole rings is 1. The molecule has 102 valence electrons. The van der Waals surface area contributed by atoms with E-state index in [-0.39, 0.29) is 0 Å². The highest BCUT2D eigenvalue weighted by molar-refractivity contribution is 5.81. The predicted octanol–water partition coefficient (Wildman–Crippen LogP) is 1.99. The molecule has 0 bridgehead atoms. The molecule has 1 aromatic heterocycles. The Morgan fingerprint density at radius 1 is 1.53 bits per heavy atom. The molecule has 0 radical (unpaired) electrons. The molecule has 19 heavy (non-hydrogen) atoms. The van der Waals surface area contributed by atoms with Crippen LogP contribution in [0.25, 0.3) is 11.0 Å². The van der Waals surface area contributed by atoms with Crippen molar-refractivity contribution in [2.24, 2.45) is 13.0 Å². The maximum atomic E-state index is 5.80. The number of benzene rings is 1. The number of nitrogen functional groups attached to an aromatic ring is 1. The highest BCUT2D eigenvalue weighted by Crippen LogP contribution is 2.22. The lowest BCUT2D eigenvalue weighted by molar-refractivity contribution is 0.116. The summed E-state index contributed by atoms with van der Waals surface area (Å²) in [4.78, 5) is 4.33. The van der Waals surface area contributed by atoms with Crippen molar-refractivity contribution in [3.8, 4) is 0 Å². The van der Waals surface area contributed by atoms with Crippen LogP contribution >= 0.6 is 0 Å². The van der Waals surface area contributed by atoms with Crippen molar-refractivity contribution in [1.29, 1.82) is 0 Å². The number of hydrogen-bond acceptors (Lipinski definition) is 4. The van der Waals surface area contributed by atoms with E-state index < -0.39 is 0 Å². The van der Waals surface area contributed by atoms with Crippen LogP contribution in [0, 0.1) is 5.92 Å². The van der Waals surface area contributed by atoms with Crippen LogP contribution in [-0.4, -0.2) is 28.8 Å². The molecule has 0 saturated carbocycles. The predicted molar refractivity (Wildman–Crippen MR) is 77.1 cm³/mol. The molecular weight excluding hydrogens is 240 g/mol. The third-order valence-corrected chi connectivity index (χ3v) is 3.73. The molecule has 0 amide bonds. The van der Waals surface area contributed by atoms with Crippen LogP contribution < -0.4 is 11.1 Å². The topological polar surface area (TPSA) is 65.1 Å². The van der Waals surface area contributed by atoms with Crippen molar-refractivity contribution in [2.75, 3.05) is 24.2 Å². The summed E-state index contributed by atoms with van der Waals surface area (Å²) in [5, 5.41) is 3.41. The summed E-state index contributed by atoms with van der Waals surface area (Å²) in [6.07, 6.45) is 1.45. The van der Waals surface area contributed by atoms with Crippen LogP contribution in [0.3, 0.4) is 0 Å². The average molecular weight is 260 g/mol. The number of nitrogens with zero attached hydrogens (tertiary/aromatic N) is 2. The number of nitrogens with two attached hydrogens (primary N) is 1. The van der Waals surface area contributed by atoms with Crippen molar-refractivity contribution in [3.63, 3.8) is 0 Å². The molecule has 3 N–H and O–H groups in total. The summed E-state index contributed by atoms with van der Waals surface area (Å²) in [5.41, 5.74) is 8.84. The van der Waals surface area contributed by atoms with E-state index in [1.54, 1.807) is 0 Å².